The minimum atomic E-state index is -1.04. The summed E-state index contributed by atoms with van der Waals surface area (Å²) in [5.74, 6) is -5.14. The summed E-state index contributed by atoms with van der Waals surface area (Å²) in [7, 11) is 0. The maximum absolute atomic E-state index is 13.0. The second-order valence-corrected chi connectivity index (χ2v) is 9.77. The van der Waals surface area contributed by atoms with Crippen molar-refractivity contribution in [3.8, 4) is 0 Å². The number of carbonyl (C=O) groups excluding carboxylic acids is 3. The van der Waals surface area contributed by atoms with Gasteiger partial charge >= 0.3 is 23.9 Å². The van der Waals surface area contributed by atoms with Crippen LogP contribution in [-0.2, 0) is 33.4 Å². The van der Waals surface area contributed by atoms with Gasteiger partial charge in [-0.25, -0.2) is 4.79 Å². The van der Waals surface area contributed by atoms with Crippen LogP contribution in [0.1, 0.15) is 58.8 Å². The number of rotatable bonds is 7. The van der Waals surface area contributed by atoms with Crippen LogP contribution in [0, 0.1) is 29.6 Å². The Labute approximate surface area is 181 Å². The van der Waals surface area contributed by atoms with E-state index in [4.69, 9.17) is 14.2 Å². The fraction of sp³-hybridized carbons (Fsp3) is 0.739. The zero-order valence-corrected chi connectivity index (χ0v) is 18.0. The molecule has 170 valence electrons. The zero-order chi connectivity index (χ0) is 22.5. The van der Waals surface area contributed by atoms with Crippen molar-refractivity contribution in [1.82, 2.24) is 0 Å². The van der Waals surface area contributed by atoms with Crippen molar-refractivity contribution >= 4 is 23.9 Å². The molecule has 1 heterocycles. The van der Waals surface area contributed by atoms with Gasteiger partial charge in [0.15, 0.2) is 0 Å². The molecule has 2 bridgehead atoms. The zero-order valence-electron chi connectivity index (χ0n) is 18.0. The molecule has 0 amide bonds. The molecule has 4 aliphatic rings. The van der Waals surface area contributed by atoms with Gasteiger partial charge in [-0.15, -0.1) is 0 Å². The van der Waals surface area contributed by atoms with Gasteiger partial charge in [0.05, 0.1) is 17.8 Å². The Kier molecular flexibility index (Phi) is 5.60. The molecule has 0 aromatic heterocycles. The summed E-state index contributed by atoms with van der Waals surface area (Å²) in [6.45, 7) is 6.98. The molecule has 0 radical (unpaired) electrons. The molecule has 7 unspecified atom stereocenters. The molecular weight excluding hydrogens is 404 g/mol. The van der Waals surface area contributed by atoms with E-state index < -0.39 is 65.4 Å². The number of fused-ring (bicyclic) bond motifs is 1. The summed E-state index contributed by atoms with van der Waals surface area (Å²) in [5, 5.41) is 9.61. The van der Waals surface area contributed by atoms with Crippen molar-refractivity contribution in [2.75, 3.05) is 0 Å². The van der Waals surface area contributed by atoms with Crippen molar-refractivity contribution < 1.29 is 38.5 Å². The first-order valence-electron chi connectivity index (χ1n) is 11.2. The lowest BCUT2D eigenvalue weighted by Gasteiger charge is -2.38. The first kappa shape index (κ1) is 21.8. The molecule has 0 aromatic rings. The highest BCUT2D eigenvalue weighted by Gasteiger charge is 2.70. The average Bonchev–Trinajstić information content (AvgIpc) is 3.32. The maximum atomic E-state index is 13.0. The van der Waals surface area contributed by atoms with Gasteiger partial charge in [0.25, 0.3) is 0 Å². The number of hydrogen-bond donors (Lipinski definition) is 1. The van der Waals surface area contributed by atoms with Gasteiger partial charge in [-0.1, -0.05) is 19.9 Å². The predicted molar refractivity (Wildman–Crippen MR) is 106 cm³/mol. The number of carbonyl (C=O) groups is 4. The Morgan fingerprint density at radius 2 is 1.90 bits per heavy atom. The van der Waals surface area contributed by atoms with Gasteiger partial charge < -0.3 is 19.3 Å². The van der Waals surface area contributed by atoms with E-state index in [9.17, 15) is 24.3 Å². The topological polar surface area (TPSA) is 116 Å². The standard InChI is InChI=1S/C23H30O8/c1-11(2)20(26)31-23(7-5-4-6-8-23)10-12(3)21(27)29-17-13-9-14-16(15(13)19(24)25)22(28)30-18(14)17/h12-18H,1,4-10H2,2-3H3,(H,24,25). The van der Waals surface area contributed by atoms with E-state index in [1.807, 2.05) is 0 Å². The van der Waals surface area contributed by atoms with E-state index in [0.29, 0.717) is 31.3 Å². The van der Waals surface area contributed by atoms with E-state index in [0.717, 1.165) is 19.3 Å². The third-order valence-corrected chi connectivity index (χ3v) is 7.59. The van der Waals surface area contributed by atoms with Crippen molar-refractivity contribution in [1.29, 1.82) is 0 Å². The predicted octanol–water partition coefficient (Wildman–Crippen LogP) is 2.64. The van der Waals surface area contributed by atoms with E-state index in [1.165, 1.54) is 0 Å². The van der Waals surface area contributed by atoms with E-state index in [1.54, 1.807) is 13.8 Å². The van der Waals surface area contributed by atoms with Crippen LogP contribution in [0.25, 0.3) is 0 Å². The van der Waals surface area contributed by atoms with Crippen LogP contribution in [0.4, 0.5) is 0 Å². The lowest BCUT2D eigenvalue weighted by atomic mass is 9.78. The molecule has 4 fully saturated rings. The molecule has 1 N–H and O–H groups in total. The number of aliphatic carboxylic acids is 1. The average molecular weight is 434 g/mol. The van der Waals surface area contributed by atoms with Crippen LogP contribution < -0.4 is 0 Å². The normalized spacial score (nSPS) is 35.9. The highest BCUT2D eigenvalue weighted by atomic mass is 16.6. The van der Waals surface area contributed by atoms with Crippen LogP contribution in [0.5, 0.6) is 0 Å². The van der Waals surface area contributed by atoms with Crippen LogP contribution in [0.3, 0.4) is 0 Å². The fourth-order valence-corrected chi connectivity index (χ4v) is 6.20. The first-order chi connectivity index (χ1) is 14.6. The van der Waals surface area contributed by atoms with Gasteiger partial charge in [0.1, 0.15) is 17.8 Å². The summed E-state index contributed by atoms with van der Waals surface area (Å²) in [5.41, 5.74) is -0.407. The molecule has 4 rings (SSSR count). The number of carboxylic acid groups (broad SMARTS) is 1. The molecule has 0 spiro atoms. The lowest BCUT2D eigenvalue weighted by Crippen LogP contribution is -2.45. The minimum absolute atomic E-state index is 0.201. The minimum Gasteiger partial charge on any atom is -0.481 e. The Morgan fingerprint density at radius 3 is 2.52 bits per heavy atom. The quantitative estimate of drug-likeness (QED) is 0.369. The van der Waals surface area contributed by atoms with E-state index in [-0.39, 0.29) is 5.92 Å². The summed E-state index contributed by atoms with van der Waals surface area (Å²) in [4.78, 5) is 49.1. The van der Waals surface area contributed by atoms with E-state index >= 15 is 0 Å². The van der Waals surface area contributed by atoms with Crippen LogP contribution >= 0.6 is 0 Å². The third-order valence-electron chi connectivity index (χ3n) is 7.59. The molecule has 3 aliphatic carbocycles. The summed E-state index contributed by atoms with van der Waals surface area (Å²) in [6.07, 6.45) is 3.81. The molecule has 31 heavy (non-hydrogen) atoms. The first-order valence-corrected chi connectivity index (χ1v) is 11.2. The van der Waals surface area contributed by atoms with Gasteiger partial charge in [-0.2, -0.15) is 0 Å². The number of hydrogen-bond acceptors (Lipinski definition) is 7. The number of ether oxygens (including phenoxy) is 3. The van der Waals surface area contributed by atoms with Crippen molar-refractivity contribution in [2.24, 2.45) is 29.6 Å². The largest absolute Gasteiger partial charge is 0.481 e. The van der Waals surface area contributed by atoms with Gasteiger partial charge in [-0.05, 0) is 39.0 Å². The Morgan fingerprint density at radius 1 is 1.23 bits per heavy atom. The molecular formula is C23H30O8. The Balaban J connectivity index is 1.44. The third kappa shape index (κ3) is 3.74. The summed E-state index contributed by atoms with van der Waals surface area (Å²) in [6, 6.07) is 0. The van der Waals surface area contributed by atoms with Gasteiger partial charge in [-0.3, -0.25) is 14.4 Å². The molecule has 0 aromatic carbocycles. The number of carboxylic acids is 1. The molecule has 8 heteroatoms. The molecule has 1 saturated heterocycles. The van der Waals surface area contributed by atoms with E-state index in [2.05, 4.69) is 6.58 Å². The highest BCUT2D eigenvalue weighted by Crippen LogP contribution is 2.58. The van der Waals surface area contributed by atoms with Crippen LogP contribution in [0.2, 0.25) is 0 Å². The van der Waals surface area contributed by atoms with Crippen LogP contribution in [0.15, 0.2) is 12.2 Å². The SMILES string of the molecule is C=C(C)C(=O)OC1(CC(C)C(=O)OC2C3CC4C2OC(=O)C4C3C(=O)O)CCCCC1. The Bertz CT molecular complexity index is 810. The Hall–Kier alpha value is -2.38. The highest BCUT2D eigenvalue weighted by molar-refractivity contribution is 5.87. The van der Waals surface area contributed by atoms with Crippen molar-refractivity contribution in [3.63, 3.8) is 0 Å². The number of esters is 3. The fourth-order valence-electron chi connectivity index (χ4n) is 6.20. The summed E-state index contributed by atoms with van der Waals surface area (Å²) < 4.78 is 17.0. The molecule has 1 aliphatic heterocycles. The van der Waals surface area contributed by atoms with Gasteiger partial charge in [0.2, 0.25) is 0 Å². The van der Waals surface area contributed by atoms with Crippen LogP contribution in [-0.4, -0.2) is 46.8 Å². The lowest BCUT2D eigenvalue weighted by molar-refractivity contribution is -0.174. The molecule has 3 saturated carbocycles. The monoisotopic (exact) mass is 434 g/mol. The van der Waals surface area contributed by atoms with Crippen molar-refractivity contribution in [2.45, 2.75) is 76.6 Å². The second kappa shape index (κ2) is 7.95. The van der Waals surface area contributed by atoms with Gasteiger partial charge in [0, 0.05) is 23.8 Å². The molecule has 7 atom stereocenters. The van der Waals surface area contributed by atoms with Crippen molar-refractivity contribution in [3.05, 3.63) is 12.2 Å². The summed E-state index contributed by atoms with van der Waals surface area (Å²) >= 11 is 0. The molecule has 8 nitrogen and oxygen atoms in total. The maximum Gasteiger partial charge on any atom is 0.333 e. The smallest absolute Gasteiger partial charge is 0.333 e. The second-order valence-electron chi connectivity index (χ2n) is 9.77.